The first-order valence-corrected chi connectivity index (χ1v) is 4.39. The molecule has 0 bridgehead atoms. The van der Waals surface area contributed by atoms with E-state index >= 15 is 0 Å². The van der Waals surface area contributed by atoms with E-state index in [1.54, 1.807) is 11.9 Å². The van der Waals surface area contributed by atoms with Gasteiger partial charge in [-0.05, 0) is 7.05 Å². The third-order valence-electron chi connectivity index (χ3n) is 2.35. The number of aromatic nitrogens is 1. The highest BCUT2D eigenvalue weighted by Gasteiger charge is 2.29. The smallest absolute Gasteiger partial charge is 0.356 e. The fraction of sp³-hybridized carbons (Fsp3) is 0.333. The van der Waals surface area contributed by atoms with E-state index in [4.69, 9.17) is 5.11 Å². The number of likely N-dealkylation sites (N-methyl/N-ethyl adjacent to an activating group) is 1. The Morgan fingerprint density at radius 3 is 2.73 bits per heavy atom. The normalized spacial score (nSPS) is 16.5. The zero-order chi connectivity index (χ0) is 11.2. The van der Waals surface area contributed by atoms with Crippen molar-refractivity contribution in [3.05, 3.63) is 17.5 Å². The summed E-state index contributed by atoms with van der Waals surface area (Å²) < 4.78 is 1.07. The van der Waals surface area contributed by atoms with Gasteiger partial charge < -0.3 is 10.2 Å². The molecule has 6 heteroatoms. The van der Waals surface area contributed by atoms with Gasteiger partial charge in [0.25, 0.3) is 0 Å². The molecule has 0 unspecified atom stereocenters. The van der Waals surface area contributed by atoms with E-state index in [-0.39, 0.29) is 23.9 Å². The van der Waals surface area contributed by atoms with E-state index in [9.17, 15) is 14.7 Å². The molecule has 15 heavy (non-hydrogen) atoms. The summed E-state index contributed by atoms with van der Waals surface area (Å²) in [5, 5.41) is 18.3. The Balaban J connectivity index is 2.61. The van der Waals surface area contributed by atoms with Crippen LogP contribution in [-0.2, 0) is 6.54 Å². The van der Waals surface area contributed by atoms with Gasteiger partial charge in [0, 0.05) is 18.3 Å². The average Bonchev–Trinajstić information content (AvgIpc) is 2.40. The first kappa shape index (κ1) is 9.72. The van der Waals surface area contributed by atoms with Crippen molar-refractivity contribution in [1.82, 2.24) is 9.47 Å². The molecule has 0 saturated heterocycles. The van der Waals surface area contributed by atoms with Gasteiger partial charge >= 0.3 is 5.97 Å². The van der Waals surface area contributed by atoms with Crippen LogP contribution in [-0.4, -0.2) is 45.1 Å². The Bertz CT molecular complexity index is 449. The fourth-order valence-corrected chi connectivity index (χ4v) is 1.79. The molecule has 1 aliphatic heterocycles. The number of carbonyl (C=O) groups excluding carboxylic acids is 1. The quantitative estimate of drug-likeness (QED) is 0.680. The molecule has 0 radical (unpaired) electrons. The van der Waals surface area contributed by atoms with Crippen LogP contribution in [0.15, 0.2) is 6.07 Å². The SMILES string of the molecule is CN1CC(=O)n2c(cc(O)c2C(=O)O)C1. The van der Waals surface area contributed by atoms with Crippen LogP contribution >= 0.6 is 0 Å². The van der Waals surface area contributed by atoms with E-state index in [0.717, 1.165) is 4.57 Å². The van der Waals surface area contributed by atoms with Crippen molar-refractivity contribution in [2.45, 2.75) is 6.54 Å². The van der Waals surface area contributed by atoms with E-state index < -0.39 is 5.97 Å². The summed E-state index contributed by atoms with van der Waals surface area (Å²) in [5.41, 5.74) is 0.159. The number of aromatic carboxylic acids is 1. The van der Waals surface area contributed by atoms with E-state index in [1.165, 1.54) is 6.07 Å². The first-order chi connectivity index (χ1) is 7.00. The number of hydrogen-bond acceptors (Lipinski definition) is 4. The monoisotopic (exact) mass is 210 g/mol. The average molecular weight is 210 g/mol. The van der Waals surface area contributed by atoms with Crippen molar-refractivity contribution in [2.75, 3.05) is 13.6 Å². The van der Waals surface area contributed by atoms with Crippen molar-refractivity contribution in [1.29, 1.82) is 0 Å². The summed E-state index contributed by atoms with van der Waals surface area (Å²) in [6.07, 6.45) is 0. The van der Waals surface area contributed by atoms with Crippen LogP contribution < -0.4 is 0 Å². The summed E-state index contributed by atoms with van der Waals surface area (Å²) in [7, 11) is 1.76. The molecule has 2 N–H and O–H groups in total. The Morgan fingerprint density at radius 1 is 1.47 bits per heavy atom. The van der Waals surface area contributed by atoms with Crippen LogP contribution in [0, 0.1) is 0 Å². The van der Waals surface area contributed by atoms with Gasteiger partial charge in [-0.3, -0.25) is 14.3 Å². The number of hydrogen-bond donors (Lipinski definition) is 2. The largest absolute Gasteiger partial charge is 0.505 e. The zero-order valence-corrected chi connectivity index (χ0v) is 8.10. The molecule has 1 aromatic rings. The molecule has 0 fully saturated rings. The van der Waals surface area contributed by atoms with Crippen LogP contribution in [0.4, 0.5) is 0 Å². The summed E-state index contributed by atoms with van der Waals surface area (Å²) in [4.78, 5) is 24.2. The minimum Gasteiger partial charge on any atom is -0.505 e. The van der Waals surface area contributed by atoms with Crippen molar-refractivity contribution in [2.24, 2.45) is 0 Å². The standard InChI is InChI=1S/C9H10N2O4/c1-10-3-5-2-6(12)8(9(14)15)11(5)7(13)4-10/h2,12H,3-4H2,1H3,(H,14,15). The Kier molecular flexibility index (Phi) is 2.01. The minimum atomic E-state index is -1.29. The molecule has 6 nitrogen and oxygen atoms in total. The van der Waals surface area contributed by atoms with Gasteiger partial charge in [0.2, 0.25) is 5.91 Å². The third kappa shape index (κ3) is 1.39. The lowest BCUT2D eigenvalue weighted by atomic mass is 10.3. The Morgan fingerprint density at radius 2 is 2.13 bits per heavy atom. The zero-order valence-electron chi connectivity index (χ0n) is 8.10. The second-order valence-electron chi connectivity index (χ2n) is 3.58. The van der Waals surface area contributed by atoms with Gasteiger partial charge in [-0.15, -0.1) is 0 Å². The lowest BCUT2D eigenvalue weighted by molar-refractivity contribution is 0.0655. The number of rotatable bonds is 1. The van der Waals surface area contributed by atoms with E-state index in [2.05, 4.69) is 0 Å². The summed E-state index contributed by atoms with van der Waals surface area (Å²) in [5.74, 6) is -1.99. The summed E-state index contributed by atoms with van der Waals surface area (Å²) in [6, 6.07) is 1.32. The molecular formula is C9H10N2O4. The molecule has 0 aliphatic carbocycles. The number of fused-ring (bicyclic) bond motifs is 1. The van der Waals surface area contributed by atoms with E-state index in [0.29, 0.717) is 12.2 Å². The predicted molar refractivity (Wildman–Crippen MR) is 50.0 cm³/mol. The maximum absolute atomic E-state index is 11.6. The second kappa shape index (κ2) is 3.09. The lowest BCUT2D eigenvalue weighted by Gasteiger charge is -2.23. The van der Waals surface area contributed by atoms with Crippen molar-refractivity contribution >= 4 is 11.9 Å². The number of carboxylic acid groups (broad SMARTS) is 1. The molecule has 0 saturated carbocycles. The highest BCUT2D eigenvalue weighted by molar-refractivity contribution is 5.96. The molecule has 1 aliphatic rings. The predicted octanol–water partition coefficient (Wildman–Crippen LogP) is -0.0225. The number of nitrogens with zero attached hydrogens (tertiary/aromatic N) is 2. The molecule has 0 spiro atoms. The van der Waals surface area contributed by atoms with Gasteiger partial charge in [-0.2, -0.15) is 0 Å². The van der Waals surface area contributed by atoms with Gasteiger partial charge in [0.05, 0.1) is 6.54 Å². The Hall–Kier alpha value is -1.82. The van der Waals surface area contributed by atoms with Gasteiger partial charge in [0.15, 0.2) is 5.69 Å². The minimum absolute atomic E-state index is 0.154. The highest BCUT2D eigenvalue weighted by atomic mass is 16.4. The summed E-state index contributed by atoms with van der Waals surface area (Å²) in [6.45, 7) is 0.605. The highest BCUT2D eigenvalue weighted by Crippen LogP contribution is 2.25. The van der Waals surface area contributed by atoms with E-state index in [1.807, 2.05) is 0 Å². The fourth-order valence-electron chi connectivity index (χ4n) is 1.79. The van der Waals surface area contributed by atoms with Gasteiger partial charge in [-0.25, -0.2) is 4.79 Å². The number of aromatic hydroxyl groups is 1. The van der Waals surface area contributed by atoms with Crippen LogP contribution in [0.25, 0.3) is 0 Å². The second-order valence-corrected chi connectivity index (χ2v) is 3.58. The number of carboxylic acids is 1. The lowest BCUT2D eigenvalue weighted by Crippen LogP contribution is -2.37. The van der Waals surface area contributed by atoms with Crippen molar-refractivity contribution in [3.63, 3.8) is 0 Å². The van der Waals surface area contributed by atoms with Crippen molar-refractivity contribution < 1.29 is 19.8 Å². The van der Waals surface area contributed by atoms with Crippen molar-refractivity contribution in [3.8, 4) is 5.75 Å². The first-order valence-electron chi connectivity index (χ1n) is 4.39. The molecule has 2 rings (SSSR count). The third-order valence-corrected chi connectivity index (χ3v) is 2.35. The Labute approximate surface area is 85.3 Å². The summed E-state index contributed by atoms with van der Waals surface area (Å²) >= 11 is 0. The molecule has 0 amide bonds. The van der Waals surface area contributed by atoms with Crippen LogP contribution in [0.1, 0.15) is 21.0 Å². The topological polar surface area (TPSA) is 82.8 Å². The molecule has 1 aromatic heterocycles. The maximum atomic E-state index is 11.6. The van der Waals surface area contributed by atoms with Gasteiger partial charge in [-0.1, -0.05) is 0 Å². The van der Waals surface area contributed by atoms with Crippen LogP contribution in [0.2, 0.25) is 0 Å². The molecule has 0 atom stereocenters. The van der Waals surface area contributed by atoms with Crippen LogP contribution in [0.3, 0.4) is 0 Å². The molecule has 2 heterocycles. The molecule has 0 aromatic carbocycles. The number of carbonyl (C=O) groups is 2. The maximum Gasteiger partial charge on any atom is 0.356 e. The van der Waals surface area contributed by atoms with Crippen LogP contribution in [0.5, 0.6) is 5.75 Å². The molecule has 80 valence electrons. The van der Waals surface area contributed by atoms with Gasteiger partial charge in [0.1, 0.15) is 5.75 Å². The molecular weight excluding hydrogens is 200 g/mol.